The Hall–Kier alpha value is -3.96. The van der Waals surface area contributed by atoms with Gasteiger partial charge in [-0.15, -0.1) is 0 Å². The Labute approximate surface area is 192 Å². The second-order valence-electron chi connectivity index (χ2n) is 7.16. The molecule has 0 saturated heterocycles. The van der Waals surface area contributed by atoms with Gasteiger partial charge in [0.05, 0.1) is 7.11 Å². The van der Waals surface area contributed by atoms with Crippen LogP contribution in [0.25, 0.3) is 22.9 Å². The van der Waals surface area contributed by atoms with E-state index in [1.165, 1.54) is 0 Å². The van der Waals surface area contributed by atoms with Crippen LogP contribution >= 0.6 is 12.2 Å². The molecule has 0 saturated carbocycles. The Bertz CT molecular complexity index is 1270. The van der Waals surface area contributed by atoms with Crippen molar-refractivity contribution in [1.29, 1.82) is 0 Å². The second kappa shape index (κ2) is 9.90. The summed E-state index contributed by atoms with van der Waals surface area (Å²) in [4.78, 5) is 12.7. The van der Waals surface area contributed by atoms with Crippen LogP contribution in [0.1, 0.15) is 11.1 Å². The molecule has 4 aromatic rings. The molecule has 0 spiro atoms. The third-order valence-corrected chi connectivity index (χ3v) is 5.28. The topological polar surface area (TPSA) is 50.4 Å². The number of carbonyl (C=O) groups is 1. The van der Waals surface area contributed by atoms with Crippen molar-refractivity contribution in [3.63, 3.8) is 0 Å². The molecule has 0 aromatic heterocycles. The van der Waals surface area contributed by atoms with Crippen LogP contribution < -0.4 is 15.4 Å². The number of hydrogen-bond donors (Lipinski definition) is 2. The summed E-state index contributed by atoms with van der Waals surface area (Å²) in [5.74, 6) is 0.476. The normalized spacial score (nSPS) is 10.8. The van der Waals surface area contributed by atoms with E-state index in [0.717, 1.165) is 33.3 Å². The first-order valence-electron chi connectivity index (χ1n) is 10.1. The van der Waals surface area contributed by atoms with Gasteiger partial charge in [0.1, 0.15) is 5.75 Å². The van der Waals surface area contributed by atoms with Crippen molar-refractivity contribution in [3.05, 3.63) is 102 Å². The molecular weight excluding hydrogens is 416 g/mol. The summed E-state index contributed by atoms with van der Waals surface area (Å²) >= 11 is 5.32. The smallest absolute Gasteiger partial charge is 0.283 e. The van der Waals surface area contributed by atoms with Crippen molar-refractivity contribution in [2.24, 2.45) is 0 Å². The van der Waals surface area contributed by atoms with E-state index in [9.17, 15) is 4.79 Å². The summed E-state index contributed by atoms with van der Waals surface area (Å²) in [6.45, 7) is 0. The van der Waals surface area contributed by atoms with Gasteiger partial charge in [0.2, 0.25) is 0 Å². The number of benzene rings is 4. The molecule has 1 amide bonds. The number of methoxy groups -OCH3 is 1. The Kier molecular flexibility index (Phi) is 6.58. The minimum absolute atomic E-state index is 0.116. The van der Waals surface area contributed by atoms with Crippen molar-refractivity contribution in [2.45, 2.75) is 0 Å². The van der Waals surface area contributed by atoms with Crippen molar-refractivity contribution in [2.75, 3.05) is 17.7 Å². The number of rotatable bonds is 5. The number of carbonyl (C=O) groups excluding carboxylic acids is 1. The van der Waals surface area contributed by atoms with E-state index in [0.29, 0.717) is 5.69 Å². The maximum atomic E-state index is 12.6. The predicted octanol–water partition coefficient (Wildman–Crippen LogP) is 6.40. The fraction of sp³-hybridized carbons (Fsp3) is 0.0370. The SMILES string of the molecule is COc1ccc(/C=C/c2ccc(NC(=O)C(=S)Nc3cccc4ccccc34)cc2)cc1. The Morgan fingerprint density at radius 3 is 2.09 bits per heavy atom. The highest BCUT2D eigenvalue weighted by Gasteiger charge is 2.11. The van der Waals surface area contributed by atoms with Crippen molar-refractivity contribution in [3.8, 4) is 5.75 Å². The van der Waals surface area contributed by atoms with Crippen molar-refractivity contribution >= 4 is 57.4 Å². The zero-order valence-corrected chi connectivity index (χ0v) is 18.4. The zero-order chi connectivity index (χ0) is 22.3. The molecule has 158 valence electrons. The molecule has 0 aliphatic rings. The molecule has 4 rings (SSSR count). The van der Waals surface area contributed by atoms with E-state index in [2.05, 4.69) is 10.6 Å². The summed E-state index contributed by atoms with van der Waals surface area (Å²) in [5, 5.41) is 8.00. The van der Waals surface area contributed by atoms with Crippen LogP contribution in [0.3, 0.4) is 0 Å². The molecule has 0 atom stereocenters. The Morgan fingerprint density at radius 2 is 1.41 bits per heavy atom. The molecule has 4 nitrogen and oxygen atoms in total. The van der Waals surface area contributed by atoms with E-state index in [1.54, 1.807) is 7.11 Å². The van der Waals surface area contributed by atoms with Crippen LogP contribution in [0.2, 0.25) is 0 Å². The molecule has 0 heterocycles. The summed E-state index contributed by atoms with van der Waals surface area (Å²) in [7, 11) is 1.65. The quantitative estimate of drug-likeness (QED) is 0.280. The van der Waals surface area contributed by atoms with Crippen molar-refractivity contribution in [1.82, 2.24) is 0 Å². The van der Waals surface area contributed by atoms with E-state index >= 15 is 0 Å². The fourth-order valence-corrected chi connectivity index (χ4v) is 3.45. The molecule has 5 heteroatoms. The minimum atomic E-state index is -0.352. The molecule has 2 N–H and O–H groups in total. The lowest BCUT2D eigenvalue weighted by Gasteiger charge is -2.11. The lowest BCUT2D eigenvalue weighted by molar-refractivity contribution is -0.110. The van der Waals surface area contributed by atoms with E-state index in [-0.39, 0.29) is 10.9 Å². The number of nitrogens with one attached hydrogen (secondary N) is 2. The highest BCUT2D eigenvalue weighted by atomic mass is 32.1. The summed E-state index contributed by atoms with van der Waals surface area (Å²) in [6.07, 6.45) is 4.04. The van der Waals surface area contributed by atoms with Gasteiger partial charge in [-0.1, -0.05) is 85.0 Å². The molecule has 0 aliphatic carbocycles. The number of fused-ring (bicyclic) bond motifs is 1. The number of thiocarbonyl (C=S) groups is 1. The standard InChI is InChI=1S/C27H22N2O2S/c1-31-23-17-13-20(14-18-23)10-9-19-11-15-22(16-12-19)28-26(30)27(32)29-25-8-4-6-21-5-2-3-7-24(21)25/h2-18H,1H3,(H,28,30)(H,29,32)/b10-9+. The average molecular weight is 439 g/mol. The van der Waals surface area contributed by atoms with E-state index < -0.39 is 0 Å². The lowest BCUT2D eigenvalue weighted by atomic mass is 10.1. The molecule has 0 unspecified atom stereocenters. The van der Waals surface area contributed by atoms with Gasteiger partial charge in [-0.25, -0.2) is 0 Å². The molecule has 4 aromatic carbocycles. The van der Waals surface area contributed by atoms with Crippen LogP contribution in [0.5, 0.6) is 5.75 Å². The number of anilines is 2. The van der Waals surface area contributed by atoms with Gasteiger partial charge >= 0.3 is 0 Å². The fourth-order valence-electron chi connectivity index (χ4n) is 3.29. The van der Waals surface area contributed by atoms with Gasteiger partial charge in [0, 0.05) is 16.8 Å². The van der Waals surface area contributed by atoms with Gasteiger partial charge in [-0.3, -0.25) is 4.79 Å². The Balaban J connectivity index is 1.37. The van der Waals surface area contributed by atoms with Gasteiger partial charge in [-0.05, 0) is 46.8 Å². The number of hydrogen-bond acceptors (Lipinski definition) is 3. The van der Waals surface area contributed by atoms with Crippen LogP contribution in [0.15, 0.2) is 91.0 Å². The number of amides is 1. The zero-order valence-electron chi connectivity index (χ0n) is 17.5. The largest absolute Gasteiger partial charge is 0.497 e. The second-order valence-corrected chi connectivity index (χ2v) is 7.57. The maximum Gasteiger partial charge on any atom is 0.283 e. The summed E-state index contributed by atoms with van der Waals surface area (Å²) in [5.41, 5.74) is 3.59. The van der Waals surface area contributed by atoms with Gasteiger partial charge in [-0.2, -0.15) is 0 Å². The highest BCUT2D eigenvalue weighted by molar-refractivity contribution is 7.82. The molecule has 32 heavy (non-hydrogen) atoms. The van der Waals surface area contributed by atoms with E-state index in [4.69, 9.17) is 17.0 Å². The van der Waals surface area contributed by atoms with Crippen molar-refractivity contribution < 1.29 is 9.53 Å². The van der Waals surface area contributed by atoms with Crippen LogP contribution in [0.4, 0.5) is 11.4 Å². The monoisotopic (exact) mass is 438 g/mol. The first-order chi connectivity index (χ1) is 15.6. The molecule has 0 fully saturated rings. The maximum absolute atomic E-state index is 12.6. The molecule has 0 bridgehead atoms. The lowest BCUT2D eigenvalue weighted by Crippen LogP contribution is -2.27. The Morgan fingerprint density at radius 1 is 0.781 bits per heavy atom. The molecule has 0 radical (unpaired) electrons. The average Bonchev–Trinajstić information content (AvgIpc) is 2.84. The van der Waals surface area contributed by atoms with Gasteiger partial charge < -0.3 is 15.4 Å². The predicted molar refractivity (Wildman–Crippen MR) is 137 cm³/mol. The third kappa shape index (κ3) is 5.20. The third-order valence-electron chi connectivity index (χ3n) is 5.00. The first-order valence-corrected chi connectivity index (χ1v) is 10.6. The molecular formula is C27H22N2O2S. The van der Waals surface area contributed by atoms with Crippen LogP contribution in [-0.4, -0.2) is 18.0 Å². The molecule has 0 aliphatic heterocycles. The van der Waals surface area contributed by atoms with Crippen LogP contribution in [0, 0.1) is 0 Å². The van der Waals surface area contributed by atoms with Gasteiger partial charge in [0.25, 0.3) is 5.91 Å². The van der Waals surface area contributed by atoms with E-state index in [1.807, 2.05) is 103 Å². The van der Waals surface area contributed by atoms with Gasteiger partial charge in [0.15, 0.2) is 4.99 Å². The summed E-state index contributed by atoms with van der Waals surface area (Å²) < 4.78 is 5.17. The first kappa shape index (κ1) is 21.3. The number of ether oxygens (including phenoxy) is 1. The highest BCUT2D eigenvalue weighted by Crippen LogP contribution is 2.23. The minimum Gasteiger partial charge on any atom is -0.497 e. The summed E-state index contributed by atoms with van der Waals surface area (Å²) in [6, 6.07) is 29.2. The van der Waals surface area contributed by atoms with Crippen LogP contribution in [-0.2, 0) is 4.79 Å².